The van der Waals surface area contributed by atoms with Crippen molar-refractivity contribution < 1.29 is 0 Å². The molecule has 0 fully saturated rings. The van der Waals surface area contributed by atoms with Crippen LogP contribution >= 0.6 is 12.4 Å². The Balaban J connectivity index is 0. The van der Waals surface area contributed by atoms with Crippen LogP contribution in [0.15, 0.2) is 9.98 Å². The first-order valence-corrected chi connectivity index (χ1v) is 4.57. The first kappa shape index (κ1) is 15.5. The fourth-order valence-electron chi connectivity index (χ4n) is 0.675. The van der Waals surface area contributed by atoms with E-state index in [9.17, 15) is 0 Å². The second-order valence-electron chi connectivity index (χ2n) is 2.66. The number of hydrogen-bond acceptors (Lipinski definition) is 2. The summed E-state index contributed by atoms with van der Waals surface area (Å²) in [5, 5.41) is 2.70. The summed E-state index contributed by atoms with van der Waals surface area (Å²) in [6.07, 6.45) is 1.93. The smallest absolute Gasteiger partial charge is 0.195 e. The topological polar surface area (TPSA) is 88.8 Å². The minimum Gasteiger partial charge on any atom is -0.370 e. The Morgan fingerprint density at radius 1 is 1.00 bits per heavy atom. The Morgan fingerprint density at radius 2 is 1.36 bits per heavy atom. The zero-order valence-corrected chi connectivity index (χ0v) is 9.60. The Morgan fingerprint density at radius 3 is 1.64 bits per heavy atom. The molecule has 84 valence electrons. The van der Waals surface area contributed by atoms with Crippen molar-refractivity contribution in [1.29, 1.82) is 0 Å². The van der Waals surface area contributed by atoms with Crippen molar-refractivity contribution in [2.45, 2.75) is 26.7 Å². The van der Waals surface area contributed by atoms with Crippen LogP contribution < -0.4 is 16.8 Å². The Labute approximate surface area is 91.5 Å². The molecule has 0 saturated carbocycles. The van der Waals surface area contributed by atoms with Crippen LogP contribution in [-0.2, 0) is 0 Å². The van der Waals surface area contributed by atoms with Gasteiger partial charge in [0.15, 0.2) is 11.9 Å². The van der Waals surface area contributed by atoms with Gasteiger partial charge in [0.2, 0.25) is 0 Å². The number of rotatable bonds is 4. The lowest BCUT2D eigenvalue weighted by molar-refractivity contribution is 0.910. The van der Waals surface area contributed by atoms with Gasteiger partial charge >= 0.3 is 0 Å². The highest BCUT2D eigenvalue weighted by Crippen LogP contribution is 1.78. The highest BCUT2D eigenvalue weighted by atomic mass is 35.5. The van der Waals surface area contributed by atoms with E-state index in [-0.39, 0.29) is 12.4 Å². The van der Waals surface area contributed by atoms with E-state index in [1.807, 2.05) is 13.8 Å². The van der Waals surface area contributed by atoms with Crippen molar-refractivity contribution in [3.8, 4) is 0 Å². The lowest BCUT2D eigenvalue weighted by Gasteiger charge is -2.03. The normalized spacial score (nSPS) is 12.1. The Kier molecular flexibility index (Phi) is 11.2. The molecule has 0 bridgehead atoms. The summed E-state index contributed by atoms with van der Waals surface area (Å²) in [5.74, 6) is 0.665. The number of hydrogen-bond donors (Lipinski definition) is 3. The van der Waals surface area contributed by atoms with Crippen LogP contribution in [0.3, 0.4) is 0 Å². The molecule has 0 aliphatic carbocycles. The number of nitrogens with one attached hydrogen (secondary N) is 1. The minimum atomic E-state index is 0. The molecule has 0 aromatic rings. The van der Waals surface area contributed by atoms with Gasteiger partial charge in [-0.2, -0.15) is 0 Å². The number of guanidine groups is 2. The summed E-state index contributed by atoms with van der Waals surface area (Å²) in [6, 6.07) is 0. The van der Waals surface area contributed by atoms with E-state index in [2.05, 4.69) is 15.3 Å². The van der Waals surface area contributed by atoms with Gasteiger partial charge in [0.1, 0.15) is 0 Å². The second-order valence-corrected chi connectivity index (χ2v) is 2.66. The average molecular weight is 222 g/mol. The second kappa shape index (κ2) is 10.1. The first-order valence-electron chi connectivity index (χ1n) is 4.57. The summed E-state index contributed by atoms with van der Waals surface area (Å²) < 4.78 is 0. The highest BCUT2D eigenvalue weighted by molar-refractivity contribution is 5.96. The molecule has 0 spiro atoms. The summed E-state index contributed by atoms with van der Waals surface area (Å²) in [6.45, 7) is 5.48. The highest BCUT2D eigenvalue weighted by Gasteiger charge is 1.92. The van der Waals surface area contributed by atoms with Crippen LogP contribution in [-0.4, -0.2) is 25.0 Å². The van der Waals surface area contributed by atoms with Crippen LogP contribution in [0.25, 0.3) is 0 Å². The maximum atomic E-state index is 5.51. The molecule has 5 nitrogen and oxygen atoms in total. The third kappa shape index (κ3) is 9.12. The molecule has 0 aliphatic rings. The van der Waals surface area contributed by atoms with Crippen molar-refractivity contribution in [2.24, 2.45) is 21.5 Å². The monoisotopic (exact) mass is 221 g/mol. The third-order valence-electron chi connectivity index (χ3n) is 1.27. The van der Waals surface area contributed by atoms with E-state index in [1.54, 1.807) is 0 Å². The van der Waals surface area contributed by atoms with E-state index in [0.29, 0.717) is 25.0 Å². The van der Waals surface area contributed by atoms with Crippen molar-refractivity contribution in [3.63, 3.8) is 0 Å². The molecule has 0 heterocycles. The molecule has 0 saturated heterocycles. The van der Waals surface area contributed by atoms with Gasteiger partial charge in [-0.05, 0) is 12.8 Å². The zero-order chi connectivity index (χ0) is 10.1. The van der Waals surface area contributed by atoms with E-state index in [4.69, 9.17) is 11.5 Å². The predicted octanol–water partition coefficient (Wildman–Crippen LogP) is 0.447. The van der Waals surface area contributed by atoms with E-state index >= 15 is 0 Å². The molecular weight excluding hydrogens is 202 g/mol. The largest absolute Gasteiger partial charge is 0.370 e. The van der Waals surface area contributed by atoms with Crippen molar-refractivity contribution >= 4 is 24.3 Å². The van der Waals surface area contributed by atoms with Gasteiger partial charge in [-0.15, -0.1) is 12.4 Å². The quantitative estimate of drug-likeness (QED) is 0.476. The third-order valence-corrected chi connectivity index (χ3v) is 1.27. The van der Waals surface area contributed by atoms with Gasteiger partial charge in [-0.25, -0.2) is 0 Å². The van der Waals surface area contributed by atoms with Crippen LogP contribution in [0.4, 0.5) is 0 Å². The number of halogens is 1. The van der Waals surface area contributed by atoms with Crippen LogP contribution in [0.1, 0.15) is 26.7 Å². The van der Waals surface area contributed by atoms with Crippen LogP contribution in [0.2, 0.25) is 0 Å². The van der Waals surface area contributed by atoms with Crippen molar-refractivity contribution in [1.82, 2.24) is 5.32 Å². The lowest BCUT2D eigenvalue weighted by atomic mass is 10.5. The van der Waals surface area contributed by atoms with E-state index in [1.165, 1.54) is 0 Å². The predicted molar refractivity (Wildman–Crippen MR) is 63.9 cm³/mol. The van der Waals surface area contributed by atoms with Crippen LogP contribution in [0, 0.1) is 0 Å². The molecule has 0 radical (unpaired) electrons. The number of nitrogens with two attached hydrogens (primary N) is 2. The van der Waals surface area contributed by atoms with Gasteiger partial charge < -0.3 is 11.5 Å². The van der Waals surface area contributed by atoms with Crippen molar-refractivity contribution in [2.75, 3.05) is 13.1 Å². The molecule has 0 aromatic carbocycles. The lowest BCUT2D eigenvalue weighted by Crippen LogP contribution is -2.41. The maximum absolute atomic E-state index is 5.51. The summed E-state index contributed by atoms with van der Waals surface area (Å²) in [7, 11) is 0. The Hall–Kier alpha value is -0.970. The van der Waals surface area contributed by atoms with Gasteiger partial charge in [0, 0.05) is 13.1 Å². The minimum absolute atomic E-state index is 0. The van der Waals surface area contributed by atoms with Gasteiger partial charge in [-0.1, -0.05) is 13.8 Å². The number of nitrogens with zero attached hydrogens (tertiary/aromatic N) is 2. The molecule has 0 aliphatic heterocycles. The SMILES string of the molecule is CCCN=C(N)NC(N)=NCCC.Cl. The molecule has 0 aromatic heterocycles. The molecule has 5 N–H and O–H groups in total. The van der Waals surface area contributed by atoms with Gasteiger partial charge in [0.05, 0.1) is 0 Å². The molecule has 0 atom stereocenters. The maximum Gasteiger partial charge on any atom is 0.195 e. The molecule has 6 heteroatoms. The van der Waals surface area contributed by atoms with Gasteiger partial charge in [-0.3, -0.25) is 15.3 Å². The molecule has 0 unspecified atom stereocenters. The standard InChI is InChI=1S/C8H19N5.ClH/c1-3-5-11-7(9)13-8(10)12-6-4-2;/h3-6H2,1-2H3,(H5,9,10,11,12,13);1H. The molecule has 0 amide bonds. The van der Waals surface area contributed by atoms with Crippen LogP contribution in [0.5, 0.6) is 0 Å². The summed E-state index contributed by atoms with van der Waals surface area (Å²) in [5.41, 5.74) is 11.0. The molecule has 0 rings (SSSR count). The fraction of sp³-hybridized carbons (Fsp3) is 0.750. The summed E-state index contributed by atoms with van der Waals surface area (Å²) in [4.78, 5) is 8.03. The Bertz CT molecular complexity index is 170. The average Bonchev–Trinajstić information content (AvgIpc) is 2.11. The summed E-state index contributed by atoms with van der Waals surface area (Å²) >= 11 is 0. The zero-order valence-electron chi connectivity index (χ0n) is 8.79. The number of aliphatic imine (C=N–C) groups is 2. The fourth-order valence-corrected chi connectivity index (χ4v) is 0.675. The van der Waals surface area contributed by atoms with Gasteiger partial charge in [0.25, 0.3) is 0 Å². The first-order chi connectivity index (χ1) is 6.20. The molecular formula is C8H20ClN5. The molecule has 14 heavy (non-hydrogen) atoms. The van der Waals surface area contributed by atoms with E-state index < -0.39 is 0 Å². The van der Waals surface area contributed by atoms with E-state index in [0.717, 1.165) is 12.8 Å². The van der Waals surface area contributed by atoms with Crippen molar-refractivity contribution in [3.05, 3.63) is 0 Å².